The molecule has 4 N–H and O–H groups in total. The number of hydrogen-bond donors (Lipinski definition) is 3. The van der Waals surface area contributed by atoms with Gasteiger partial charge in [0.1, 0.15) is 6.04 Å². The number of nitrogens with zero attached hydrogens (tertiary/aromatic N) is 1. The zero-order valence-corrected chi connectivity index (χ0v) is 16.5. The Labute approximate surface area is 170 Å². The summed E-state index contributed by atoms with van der Waals surface area (Å²) >= 11 is 0. The molecule has 0 aromatic heterocycles. The minimum absolute atomic E-state index is 0.0440. The van der Waals surface area contributed by atoms with E-state index in [2.05, 4.69) is 5.32 Å². The number of carbonyl (C=O) groups is 2. The predicted molar refractivity (Wildman–Crippen MR) is 109 cm³/mol. The molecule has 2 aromatic rings. The van der Waals surface area contributed by atoms with Crippen LogP contribution in [0, 0.1) is 0 Å². The maximum absolute atomic E-state index is 12.8. The molecule has 1 fully saturated rings. The number of phenols is 1. The lowest BCUT2D eigenvalue weighted by atomic mass is 10.1. The van der Waals surface area contributed by atoms with Crippen molar-refractivity contribution in [3.63, 3.8) is 0 Å². The molecular formula is C22H27N3O4. The number of amides is 2. The Bertz CT molecular complexity index is 856. The van der Waals surface area contributed by atoms with Gasteiger partial charge in [-0.15, -0.1) is 0 Å². The third-order valence-electron chi connectivity index (χ3n) is 5.17. The lowest BCUT2D eigenvalue weighted by molar-refractivity contribution is -0.139. The SMILES string of the molecule is COc1cc(CNC(=O)[C@@H]2CCCN2C(=O)[C@H](N)Cc2ccccc2)ccc1O. The van der Waals surface area contributed by atoms with Gasteiger partial charge < -0.3 is 25.8 Å². The third kappa shape index (κ3) is 5.06. The number of nitrogens with one attached hydrogen (secondary N) is 1. The van der Waals surface area contributed by atoms with Gasteiger partial charge in [-0.25, -0.2) is 0 Å². The molecular weight excluding hydrogens is 370 g/mol. The number of phenolic OH excluding ortho intramolecular Hbond substituents is 1. The molecule has 0 radical (unpaired) electrons. The van der Waals surface area contributed by atoms with E-state index in [1.807, 2.05) is 30.3 Å². The first-order valence-electron chi connectivity index (χ1n) is 9.73. The fourth-order valence-corrected chi connectivity index (χ4v) is 3.61. The van der Waals surface area contributed by atoms with Crippen LogP contribution in [0.1, 0.15) is 24.0 Å². The van der Waals surface area contributed by atoms with Crippen LogP contribution in [0.5, 0.6) is 11.5 Å². The summed E-state index contributed by atoms with van der Waals surface area (Å²) in [7, 11) is 1.47. The van der Waals surface area contributed by atoms with Gasteiger partial charge in [0.15, 0.2) is 11.5 Å². The summed E-state index contributed by atoms with van der Waals surface area (Å²) in [6, 6.07) is 13.3. The molecule has 1 aliphatic heterocycles. The zero-order chi connectivity index (χ0) is 20.8. The largest absolute Gasteiger partial charge is 0.504 e. The van der Waals surface area contributed by atoms with Crippen LogP contribution in [0.4, 0.5) is 0 Å². The highest BCUT2D eigenvalue weighted by atomic mass is 16.5. The van der Waals surface area contributed by atoms with Crippen LogP contribution in [0.25, 0.3) is 0 Å². The van der Waals surface area contributed by atoms with Gasteiger partial charge >= 0.3 is 0 Å². The second-order valence-electron chi connectivity index (χ2n) is 7.21. The second-order valence-corrected chi connectivity index (χ2v) is 7.21. The highest BCUT2D eigenvalue weighted by molar-refractivity contribution is 5.90. The predicted octanol–water partition coefficient (Wildman–Crippen LogP) is 1.58. The van der Waals surface area contributed by atoms with Gasteiger partial charge in [0.25, 0.3) is 0 Å². The van der Waals surface area contributed by atoms with E-state index < -0.39 is 12.1 Å². The van der Waals surface area contributed by atoms with E-state index in [1.54, 1.807) is 17.0 Å². The lowest BCUT2D eigenvalue weighted by Gasteiger charge is -2.26. The number of methoxy groups -OCH3 is 1. The molecule has 1 saturated heterocycles. The molecule has 29 heavy (non-hydrogen) atoms. The first-order chi connectivity index (χ1) is 14.0. The summed E-state index contributed by atoms with van der Waals surface area (Å²) in [5.74, 6) is -0.00328. The molecule has 0 bridgehead atoms. The summed E-state index contributed by atoms with van der Waals surface area (Å²) in [5.41, 5.74) is 7.93. The van der Waals surface area contributed by atoms with E-state index >= 15 is 0 Å². The van der Waals surface area contributed by atoms with Crippen molar-refractivity contribution in [1.82, 2.24) is 10.2 Å². The first-order valence-corrected chi connectivity index (χ1v) is 9.73. The summed E-state index contributed by atoms with van der Waals surface area (Å²) in [5, 5.41) is 12.5. The molecule has 0 aliphatic carbocycles. The highest BCUT2D eigenvalue weighted by Gasteiger charge is 2.36. The topological polar surface area (TPSA) is 105 Å². The quantitative estimate of drug-likeness (QED) is 0.658. The number of aromatic hydroxyl groups is 1. The van der Waals surface area contributed by atoms with Crippen LogP contribution >= 0.6 is 0 Å². The average molecular weight is 397 g/mol. The standard InChI is InChI=1S/C22H27N3O4/c1-29-20-13-16(9-10-19(20)26)14-24-21(27)18-8-5-11-25(18)22(28)17(23)12-15-6-3-2-4-7-15/h2-4,6-7,9-10,13,17-18,26H,5,8,11-12,14,23H2,1H3,(H,24,27)/t17-,18+/m1/s1. The van der Waals surface area contributed by atoms with Gasteiger partial charge in [-0.2, -0.15) is 0 Å². The number of carbonyl (C=O) groups excluding carboxylic acids is 2. The second kappa shape index (κ2) is 9.43. The number of nitrogens with two attached hydrogens (primary N) is 1. The van der Waals surface area contributed by atoms with Crippen molar-refractivity contribution in [3.8, 4) is 11.5 Å². The van der Waals surface area contributed by atoms with E-state index in [9.17, 15) is 14.7 Å². The number of ether oxygens (including phenoxy) is 1. The smallest absolute Gasteiger partial charge is 0.243 e. The molecule has 0 unspecified atom stereocenters. The molecule has 2 amide bonds. The van der Waals surface area contributed by atoms with E-state index in [0.717, 1.165) is 17.5 Å². The number of hydrogen-bond acceptors (Lipinski definition) is 5. The monoisotopic (exact) mass is 397 g/mol. The van der Waals surface area contributed by atoms with Crippen molar-refractivity contribution in [2.75, 3.05) is 13.7 Å². The molecule has 0 spiro atoms. The Morgan fingerprint density at radius 1 is 1.24 bits per heavy atom. The third-order valence-corrected chi connectivity index (χ3v) is 5.17. The van der Waals surface area contributed by atoms with Crippen molar-refractivity contribution >= 4 is 11.8 Å². The molecule has 7 nitrogen and oxygen atoms in total. The lowest BCUT2D eigenvalue weighted by Crippen LogP contribution is -2.51. The van der Waals surface area contributed by atoms with Gasteiger partial charge in [-0.05, 0) is 42.5 Å². The molecule has 2 atom stereocenters. The maximum Gasteiger partial charge on any atom is 0.243 e. The van der Waals surface area contributed by atoms with E-state index in [0.29, 0.717) is 25.1 Å². The Hall–Kier alpha value is -3.06. The maximum atomic E-state index is 12.8. The number of rotatable bonds is 7. The normalized spacial score (nSPS) is 17.0. The van der Waals surface area contributed by atoms with Gasteiger partial charge in [0.2, 0.25) is 11.8 Å². The van der Waals surface area contributed by atoms with Crippen LogP contribution < -0.4 is 15.8 Å². The highest BCUT2D eigenvalue weighted by Crippen LogP contribution is 2.26. The molecule has 3 rings (SSSR count). The van der Waals surface area contributed by atoms with Crippen molar-refractivity contribution in [2.24, 2.45) is 5.73 Å². The Morgan fingerprint density at radius 3 is 2.72 bits per heavy atom. The Morgan fingerprint density at radius 2 is 2.00 bits per heavy atom. The van der Waals surface area contributed by atoms with Crippen LogP contribution in [0.2, 0.25) is 0 Å². The van der Waals surface area contributed by atoms with Crippen molar-refractivity contribution < 1.29 is 19.4 Å². The average Bonchev–Trinajstić information content (AvgIpc) is 3.23. The zero-order valence-electron chi connectivity index (χ0n) is 16.5. The summed E-state index contributed by atoms with van der Waals surface area (Å²) < 4.78 is 5.09. The molecule has 154 valence electrons. The molecule has 1 heterocycles. The number of likely N-dealkylation sites (tertiary alicyclic amines) is 1. The van der Waals surface area contributed by atoms with Crippen LogP contribution in [-0.4, -0.2) is 47.6 Å². The summed E-state index contributed by atoms with van der Waals surface area (Å²) in [6.45, 7) is 0.816. The molecule has 1 aliphatic rings. The van der Waals surface area contributed by atoms with Crippen LogP contribution in [-0.2, 0) is 22.6 Å². The molecule has 0 saturated carbocycles. The van der Waals surface area contributed by atoms with E-state index in [-0.39, 0.29) is 24.1 Å². The fourth-order valence-electron chi connectivity index (χ4n) is 3.61. The Kier molecular flexibility index (Phi) is 6.72. The van der Waals surface area contributed by atoms with Gasteiger partial charge in [0, 0.05) is 13.1 Å². The fraction of sp³-hybridized carbons (Fsp3) is 0.364. The first kappa shape index (κ1) is 20.7. The summed E-state index contributed by atoms with van der Waals surface area (Å²) in [4.78, 5) is 27.1. The number of benzene rings is 2. The van der Waals surface area contributed by atoms with Gasteiger partial charge in [-0.3, -0.25) is 9.59 Å². The van der Waals surface area contributed by atoms with Crippen LogP contribution in [0.15, 0.2) is 48.5 Å². The minimum atomic E-state index is -0.674. The summed E-state index contributed by atoms with van der Waals surface area (Å²) in [6.07, 6.45) is 1.83. The van der Waals surface area contributed by atoms with Crippen molar-refractivity contribution in [1.29, 1.82) is 0 Å². The van der Waals surface area contributed by atoms with Gasteiger partial charge in [0.05, 0.1) is 13.2 Å². The molecule has 7 heteroatoms. The van der Waals surface area contributed by atoms with Crippen molar-refractivity contribution in [3.05, 3.63) is 59.7 Å². The molecule has 2 aromatic carbocycles. The van der Waals surface area contributed by atoms with E-state index in [1.165, 1.54) is 13.2 Å². The van der Waals surface area contributed by atoms with Crippen LogP contribution in [0.3, 0.4) is 0 Å². The van der Waals surface area contributed by atoms with E-state index in [4.69, 9.17) is 10.5 Å². The van der Waals surface area contributed by atoms with Crippen molar-refractivity contribution in [2.45, 2.75) is 37.9 Å². The van der Waals surface area contributed by atoms with Gasteiger partial charge in [-0.1, -0.05) is 36.4 Å². The minimum Gasteiger partial charge on any atom is -0.504 e. The Balaban J connectivity index is 1.59.